The first-order chi connectivity index (χ1) is 5.45. The molecule has 0 saturated heterocycles. The number of hydrazine groups is 1. The summed E-state index contributed by atoms with van der Waals surface area (Å²) in [5, 5.41) is 1.09. The van der Waals surface area contributed by atoms with Crippen LogP contribution in [0.25, 0.3) is 0 Å². The van der Waals surface area contributed by atoms with Crippen LogP contribution in [-0.4, -0.2) is 23.8 Å². The first-order valence-electron chi connectivity index (χ1n) is 4.15. The Kier molecular flexibility index (Phi) is 4.66. The molecule has 4 nitrogen and oxygen atoms in total. The molecule has 0 aliphatic heterocycles. The third-order valence-electron chi connectivity index (χ3n) is 1.31. The van der Waals surface area contributed by atoms with Crippen molar-refractivity contribution in [1.82, 2.24) is 5.01 Å². The van der Waals surface area contributed by atoms with Crippen LogP contribution in [0.4, 0.5) is 4.79 Å². The van der Waals surface area contributed by atoms with Gasteiger partial charge in [0.1, 0.15) is 0 Å². The third-order valence-corrected chi connectivity index (χ3v) is 1.31. The first kappa shape index (κ1) is 11.2. The minimum absolute atomic E-state index is 0.0235. The lowest BCUT2D eigenvalue weighted by Gasteiger charge is -2.20. The number of hydrogen-bond donors (Lipinski definition) is 1. The molecular weight excluding hydrogens is 156 g/mol. The van der Waals surface area contributed by atoms with Crippen LogP contribution in [-0.2, 0) is 4.74 Å². The molecule has 0 atom stereocenters. The number of carbonyl (C=O) groups is 1. The SMILES string of the molecule is CC(C)COC(=O)N(N)C(C)C. The summed E-state index contributed by atoms with van der Waals surface area (Å²) < 4.78 is 4.89. The summed E-state index contributed by atoms with van der Waals surface area (Å²) in [5.74, 6) is 5.75. The molecule has 0 aliphatic carbocycles. The Hall–Kier alpha value is -0.770. The maximum Gasteiger partial charge on any atom is 0.424 e. The van der Waals surface area contributed by atoms with E-state index in [0.29, 0.717) is 12.5 Å². The minimum Gasteiger partial charge on any atom is -0.448 e. The molecule has 0 saturated carbocycles. The molecule has 12 heavy (non-hydrogen) atoms. The summed E-state index contributed by atoms with van der Waals surface area (Å²) in [6.45, 7) is 8.03. The van der Waals surface area contributed by atoms with E-state index in [1.807, 2.05) is 27.7 Å². The van der Waals surface area contributed by atoms with Gasteiger partial charge in [0.05, 0.1) is 6.61 Å². The Labute approximate surface area is 73.6 Å². The van der Waals surface area contributed by atoms with Crippen molar-refractivity contribution < 1.29 is 9.53 Å². The Morgan fingerprint density at radius 1 is 1.42 bits per heavy atom. The number of amides is 1. The molecule has 0 fully saturated rings. The number of hydrogen-bond acceptors (Lipinski definition) is 3. The van der Waals surface area contributed by atoms with E-state index in [-0.39, 0.29) is 6.04 Å². The summed E-state index contributed by atoms with van der Waals surface area (Å²) >= 11 is 0. The van der Waals surface area contributed by atoms with Crippen molar-refractivity contribution in [1.29, 1.82) is 0 Å². The third kappa shape index (κ3) is 4.18. The van der Waals surface area contributed by atoms with Crippen LogP contribution >= 0.6 is 0 Å². The van der Waals surface area contributed by atoms with Crippen molar-refractivity contribution in [3.05, 3.63) is 0 Å². The van der Waals surface area contributed by atoms with Gasteiger partial charge in [0.2, 0.25) is 0 Å². The topological polar surface area (TPSA) is 55.6 Å². The molecule has 0 unspecified atom stereocenters. The molecular formula is C8H18N2O2. The fraction of sp³-hybridized carbons (Fsp3) is 0.875. The van der Waals surface area contributed by atoms with Gasteiger partial charge < -0.3 is 4.74 Å². The summed E-state index contributed by atoms with van der Waals surface area (Å²) in [6, 6.07) is -0.0235. The summed E-state index contributed by atoms with van der Waals surface area (Å²) in [7, 11) is 0. The maximum absolute atomic E-state index is 11.1. The molecule has 0 aliphatic rings. The zero-order valence-electron chi connectivity index (χ0n) is 8.20. The smallest absolute Gasteiger partial charge is 0.424 e. The Balaban J connectivity index is 3.72. The summed E-state index contributed by atoms with van der Waals surface area (Å²) in [6.07, 6.45) is -0.460. The molecule has 0 spiro atoms. The lowest BCUT2D eigenvalue weighted by Crippen LogP contribution is -2.43. The second-order valence-corrected chi connectivity index (χ2v) is 3.47. The van der Waals surface area contributed by atoms with Crippen LogP contribution in [0.2, 0.25) is 0 Å². The highest BCUT2D eigenvalue weighted by Gasteiger charge is 2.13. The van der Waals surface area contributed by atoms with Crippen LogP contribution in [0.5, 0.6) is 0 Å². The maximum atomic E-state index is 11.1. The zero-order chi connectivity index (χ0) is 9.72. The number of ether oxygens (including phenoxy) is 1. The number of nitrogens with two attached hydrogens (primary N) is 1. The molecule has 0 aromatic carbocycles. The van der Waals surface area contributed by atoms with Crippen LogP contribution in [0.15, 0.2) is 0 Å². The highest BCUT2D eigenvalue weighted by atomic mass is 16.6. The average molecular weight is 174 g/mol. The zero-order valence-corrected chi connectivity index (χ0v) is 8.20. The van der Waals surface area contributed by atoms with E-state index >= 15 is 0 Å². The van der Waals surface area contributed by atoms with Crippen LogP contribution in [0, 0.1) is 5.92 Å². The molecule has 0 heterocycles. The van der Waals surface area contributed by atoms with Crippen molar-refractivity contribution in [3.8, 4) is 0 Å². The Bertz CT molecular complexity index is 146. The molecule has 72 valence electrons. The van der Waals surface area contributed by atoms with E-state index in [2.05, 4.69) is 0 Å². The summed E-state index contributed by atoms with van der Waals surface area (Å²) in [5.41, 5.74) is 0. The van der Waals surface area contributed by atoms with Gasteiger partial charge in [0, 0.05) is 6.04 Å². The fourth-order valence-corrected chi connectivity index (χ4v) is 0.523. The van der Waals surface area contributed by atoms with Gasteiger partial charge in [-0.05, 0) is 19.8 Å². The predicted molar refractivity (Wildman–Crippen MR) is 47.3 cm³/mol. The van der Waals surface area contributed by atoms with Crippen molar-refractivity contribution in [2.24, 2.45) is 11.8 Å². The van der Waals surface area contributed by atoms with Crippen molar-refractivity contribution in [2.75, 3.05) is 6.61 Å². The molecule has 0 bridgehead atoms. The van der Waals surface area contributed by atoms with Gasteiger partial charge >= 0.3 is 6.09 Å². The standard InChI is InChI=1S/C8H18N2O2/c1-6(2)5-12-8(11)10(9)7(3)4/h6-7H,5,9H2,1-4H3. The monoisotopic (exact) mass is 174 g/mol. The number of rotatable bonds is 3. The van der Waals surface area contributed by atoms with Crippen molar-refractivity contribution in [3.63, 3.8) is 0 Å². The van der Waals surface area contributed by atoms with E-state index in [1.54, 1.807) is 0 Å². The highest BCUT2D eigenvalue weighted by molar-refractivity contribution is 5.67. The van der Waals surface area contributed by atoms with Gasteiger partial charge in [-0.3, -0.25) is 0 Å². The lowest BCUT2D eigenvalue weighted by molar-refractivity contribution is 0.0824. The first-order valence-corrected chi connectivity index (χ1v) is 4.15. The van der Waals surface area contributed by atoms with Crippen molar-refractivity contribution in [2.45, 2.75) is 33.7 Å². The number of carbonyl (C=O) groups excluding carboxylic acids is 1. The fourth-order valence-electron chi connectivity index (χ4n) is 0.523. The Morgan fingerprint density at radius 2 is 1.92 bits per heavy atom. The van der Waals surface area contributed by atoms with Crippen LogP contribution < -0.4 is 5.84 Å². The molecule has 0 aromatic rings. The summed E-state index contributed by atoms with van der Waals surface area (Å²) in [4.78, 5) is 11.1. The van der Waals surface area contributed by atoms with Gasteiger partial charge in [-0.15, -0.1) is 0 Å². The van der Waals surface area contributed by atoms with Crippen molar-refractivity contribution >= 4 is 6.09 Å². The van der Waals surface area contributed by atoms with E-state index in [0.717, 1.165) is 5.01 Å². The average Bonchev–Trinajstić information content (AvgIpc) is 1.98. The van der Waals surface area contributed by atoms with E-state index in [4.69, 9.17) is 10.6 Å². The predicted octanol–water partition coefficient (Wildman–Crippen LogP) is 1.36. The van der Waals surface area contributed by atoms with Crippen LogP contribution in [0.3, 0.4) is 0 Å². The largest absolute Gasteiger partial charge is 0.448 e. The van der Waals surface area contributed by atoms with Gasteiger partial charge in [-0.25, -0.2) is 15.6 Å². The molecule has 0 radical (unpaired) electrons. The van der Waals surface area contributed by atoms with Crippen LogP contribution in [0.1, 0.15) is 27.7 Å². The lowest BCUT2D eigenvalue weighted by atomic mass is 10.2. The quantitative estimate of drug-likeness (QED) is 0.399. The highest BCUT2D eigenvalue weighted by Crippen LogP contribution is 1.98. The molecule has 2 N–H and O–H groups in total. The molecule has 4 heteroatoms. The molecule has 1 amide bonds. The van der Waals surface area contributed by atoms with E-state index in [9.17, 15) is 4.79 Å². The number of nitrogens with zero attached hydrogens (tertiary/aromatic N) is 1. The minimum atomic E-state index is -0.460. The molecule has 0 aromatic heterocycles. The Morgan fingerprint density at radius 3 is 2.25 bits per heavy atom. The van der Waals surface area contributed by atoms with Gasteiger partial charge in [0.15, 0.2) is 0 Å². The van der Waals surface area contributed by atoms with Gasteiger partial charge in [0.25, 0.3) is 0 Å². The van der Waals surface area contributed by atoms with E-state index in [1.165, 1.54) is 0 Å². The van der Waals surface area contributed by atoms with Gasteiger partial charge in [-0.2, -0.15) is 0 Å². The van der Waals surface area contributed by atoms with Gasteiger partial charge in [-0.1, -0.05) is 13.8 Å². The van der Waals surface area contributed by atoms with E-state index < -0.39 is 6.09 Å². The second kappa shape index (κ2) is 4.98. The second-order valence-electron chi connectivity index (χ2n) is 3.47. The molecule has 0 rings (SSSR count). The normalized spacial score (nSPS) is 10.6.